The highest BCUT2D eigenvalue weighted by Crippen LogP contribution is 2.28. The third-order valence-corrected chi connectivity index (χ3v) is 5.54. The smallest absolute Gasteiger partial charge is 0.294 e. The topological polar surface area (TPSA) is 96.9 Å². The van der Waals surface area contributed by atoms with E-state index in [4.69, 9.17) is 9.57 Å². The van der Waals surface area contributed by atoms with Gasteiger partial charge in [-0.15, -0.1) is 5.06 Å². The van der Waals surface area contributed by atoms with Crippen LogP contribution in [0.2, 0.25) is 0 Å². The number of hydrogen-bond donors (Lipinski definition) is 1. The molecule has 0 spiro atoms. The molecule has 0 bridgehead atoms. The van der Waals surface area contributed by atoms with E-state index < -0.39 is 5.91 Å². The number of ether oxygens (including phenoxy) is 1. The molecule has 1 saturated heterocycles. The van der Waals surface area contributed by atoms with Crippen LogP contribution in [-0.2, 0) is 9.53 Å². The SMILES string of the molecule is COCNC(=O)C1CCCCN1c1ccc(N(Oc2ccccc2)C(=O)c2cncnc2)cc1. The molecule has 9 heteroatoms. The van der Waals surface area contributed by atoms with Gasteiger partial charge in [-0.3, -0.25) is 9.59 Å². The highest BCUT2D eigenvalue weighted by atomic mass is 16.7. The Morgan fingerprint density at radius 1 is 1.06 bits per heavy atom. The van der Waals surface area contributed by atoms with Gasteiger partial charge in [0, 0.05) is 31.7 Å². The van der Waals surface area contributed by atoms with Gasteiger partial charge in [0.15, 0.2) is 5.75 Å². The van der Waals surface area contributed by atoms with Crippen molar-refractivity contribution in [3.05, 3.63) is 78.9 Å². The number of amides is 2. The van der Waals surface area contributed by atoms with Gasteiger partial charge in [-0.2, -0.15) is 0 Å². The zero-order valence-corrected chi connectivity index (χ0v) is 19.0. The standard InChI is InChI=1S/C25H27N5O4/c1-33-18-28-24(31)23-9-5-6-14-29(23)20-10-12-21(13-11-20)30(34-22-7-3-2-4-8-22)25(32)19-15-26-17-27-16-19/h2-4,7-8,10-13,15-17,23H,5-6,9,14,18H2,1H3,(H,28,31). The first-order valence-electron chi connectivity index (χ1n) is 11.1. The highest BCUT2D eigenvalue weighted by Gasteiger charge is 2.29. The van der Waals surface area contributed by atoms with Crippen LogP contribution in [-0.4, -0.2) is 48.2 Å². The molecule has 34 heavy (non-hydrogen) atoms. The van der Waals surface area contributed by atoms with Gasteiger partial charge in [0.25, 0.3) is 5.91 Å². The van der Waals surface area contributed by atoms with E-state index in [-0.39, 0.29) is 18.7 Å². The number of hydroxylamine groups is 1. The Balaban J connectivity index is 1.59. The van der Waals surface area contributed by atoms with Crippen molar-refractivity contribution in [1.29, 1.82) is 0 Å². The molecule has 1 unspecified atom stereocenters. The van der Waals surface area contributed by atoms with Gasteiger partial charge in [0.05, 0.1) is 11.3 Å². The van der Waals surface area contributed by atoms with E-state index in [1.54, 1.807) is 31.4 Å². The number of aromatic nitrogens is 2. The highest BCUT2D eigenvalue weighted by molar-refractivity contribution is 6.04. The van der Waals surface area contributed by atoms with Crippen LogP contribution < -0.4 is 20.1 Å². The third-order valence-electron chi connectivity index (χ3n) is 5.54. The van der Waals surface area contributed by atoms with E-state index in [0.29, 0.717) is 17.0 Å². The summed E-state index contributed by atoms with van der Waals surface area (Å²) in [6, 6.07) is 16.2. The predicted molar refractivity (Wildman–Crippen MR) is 127 cm³/mol. The zero-order valence-electron chi connectivity index (χ0n) is 19.0. The van der Waals surface area contributed by atoms with E-state index in [1.165, 1.54) is 23.8 Å². The number of hydrogen-bond acceptors (Lipinski definition) is 7. The van der Waals surface area contributed by atoms with Crippen LogP contribution in [0.15, 0.2) is 73.3 Å². The first-order chi connectivity index (χ1) is 16.7. The Kier molecular flexibility index (Phi) is 7.67. The number of methoxy groups -OCH3 is 1. The Labute approximate surface area is 198 Å². The number of nitrogens with zero attached hydrogens (tertiary/aromatic N) is 4. The monoisotopic (exact) mass is 461 g/mol. The van der Waals surface area contributed by atoms with Crippen LogP contribution in [0.25, 0.3) is 0 Å². The summed E-state index contributed by atoms with van der Waals surface area (Å²) in [6.45, 7) is 0.953. The lowest BCUT2D eigenvalue weighted by atomic mass is 10.0. The van der Waals surface area contributed by atoms with Gasteiger partial charge in [-0.1, -0.05) is 18.2 Å². The molecule has 1 N–H and O–H groups in total. The lowest BCUT2D eigenvalue weighted by Gasteiger charge is -2.36. The van der Waals surface area contributed by atoms with Crippen molar-refractivity contribution < 1.29 is 19.2 Å². The number of carbonyl (C=O) groups excluding carboxylic acids is 2. The summed E-state index contributed by atoms with van der Waals surface area (Å²) in [5.74, 6) is 0.0635. The van der Waals surface area contributed by atoms with Gasteiger partial charge in [-0.05, 0) is 55.7 Å². The Hall–Kier alpha value is -3.98. The van der Waals surface area contributed by atoms with Crippen molar-refractivity contribution in [2.24, 2.45) is 0 Å². The first kappa shape index (κ1) is 23.2. The summed E-state index contributed by atoms with van der Waals surface area (Å²) in [7, 11) is 1.55. The van der Waals surface area contributed by atoms with E-state index in [1.807, 2.05) is 30.3 Å². The first-order valence-corrected chi connectivity index (χ1v) is 11.1. The molecule has 1 aliphatic rings. The minimum Gasteiger partial charge on any atom is -0.372 e. The Bertz CT molecular complexity index is 1080. The summed E-state index contributed by atoms with van der Waals surface area (Å²) in [4.78, 5) is 41.8. The van der Waals surface area contributed by atoms with Crippen LogP contribution in [0.4, 0.5) is 11.4 Å². The average Bonchev–Trinajstić information content (AvgIpc) is 2.91. The van der Waals surface area contributed by atoms with Crippen LogP contribution >= 0.6 is 0 Å². The summed E-state index contributed by atoms with van der Waals surface area (Å²) in [5.41, 5.74) is 1.74. The van der Waals surface area contributed by atoms with Gasteiger partial charge in [-0.25, -0.2) is 9.97 Å². The fourth-order valence-electron chi connectivity index (χ4n) is 3.88. The molecule has 2 amide bonds. The molecule has 1 fully saturated rings. The molecule has 3 aromatic rings. The van der Waals surface area contributed by atoms with Crippen molar-refractivity contribution in [2.45, 2.75) is 25.3 Å². The van der Waals surface area contributed by atoms with Crippen molar-refractivity contribution >= 4 is 23.2 Å². The van der Waals surface area contributed by atoms with E-state index >= 15 is 0 Å². The number of nitrogens with one attached hydrogen (secondary N) is 1. The van der Waals surface area contributed by atoms with E-state index in [0.717, 1.165) is 31.5 Å². The van der Waals surface area contributed by atoms with Crippen LogP contribution in [0.1, 0.15) is 29.6 Å². The minimum atomic E-state index is -0.396. The molecule has 0 aliphatic carbocycles. The lowest BCUT2D eigenvalue weighted by molar-refractivity contribution is -0.124. The van der Waals surface area contributed by atoms with Gasteiger partial charge >= 0.3 is 0 Å². The molecule has 0 radical (unpaired) electrons. The predicted octanol–water partition coefficient (Wildman–Crippen LogP) is 3.20. The summed E-state index contributed by atoms with van der Waals surface area (Å²) >= 11 is 0. The molecule has 2 aromatic carbocycles. The normalized spacial score (nSPS) is 15.4. The molecular weight excluding hydrogens is 434 g/mol. The molecule has 1 aliphatic heterocycles. The second-order valence-corrected chi connectivity index (χ2v) is 7.83. The molecule has 0 saturated carbocycles. The van der Waals surface area contributed by atoms with Crippen molar-refractivity contribution in [3.8, 4) is 5.75 Å². The molecule has 1 atom stereocenters. The zero-order chi connectivity index (χ0) is 23.8. The summed E-state index contributed by atoms with van der Waals surface area (Å²) in [5, 5.41) is 4.02. The van der Waals surface area contributed by atoms with Crippen LogP contribution in [0.5, 0.6) is 5.75 Å². The Morgan fingerprint density at radius 3 is 2.50 bits per heavy atom. The lowest BCUT2D eigenvalue weighted by Crippen LogP contribution is -2.50. The van der Waals surface area contributed by atoms with Gasteiger partial charge < -0.3 is 19.8 Å². The van der Waals surface area contributed by atoms with Gasteiger partial charge in [0.2, 0.25) is 5.91 Å². The molecule has 176 valence electrons. The quantitative estimate of drug-likeness (QED) is 0.406. The Morgan fingerprint density at radius 2 is 1.79 bits per heavy atom. The fraction of sp³-hybridized carbons (Fsp3) is 0.280. The molecule has 4 rings (SSSR count). The van der Waals surface area contributed by atoms with Gasteiger partial charge in [0.1, 0.15) is 19.1 Å². The van der Waals surface area contributed by atoms with Crippen LogP contribution in [0.3, 0.4) is 0 Å². The fourth-order valence-corrected chi connectivity index (χ4v) is 3.88. The van der Waals surface area contributed by atoms with Crippen molar-refractivity contribution in [3.63, 3.8) is 0 Å². The van der Waals surface area contributed by atoms with Crippen molar-refractivity contribution in [1.82, 2.24) is 15.3 Å². The maximum absolute atomic E-state index is 13.2. The maximum atomic E-state index is 13.2. The maximum Gasteiger partial charge on any atom is 0.294 e. The molecule has 1 aromatic heterocycles. The van der Waals surface area contributed by atoms with E-state index in [2.05, 4.69) is 20.2 Å². The molecule has 9 nitrogen and oxygen atoms in total. The number of para-hydroxylation sites is 1. The molecular formula is C25H27N5O4. The second kappa shape index (κ2) is 11.2. The number of carbonyl (C=O) groups is 2. The van der Waals surface area contributed by atoms with Crippen molar-refractivity contribution in [2.75, 3.05) is 30.3 Å². The minimum absolute atomic E-state index is 0.0566. The number of anilines is 2. The van der Waals surface area contributed by atoms with Crippen LogP contribution in [0, 0.1) is 0 Å². The number of rotatable bonds is 8. The third kappa shape index (κ3) is 5.49. The number of piperidine rings is 1. The largest absolute Gasteiger partial charge is 0.372 e. The summed E-state index contributed by atoms with van der Waals surface area (Å²) < 4.78 is 4.98. The summed E-state index contributed by atoms with van der Waals surface area (Å²) in [6.07, 6.45) is 7.03. The van der Waals surface area contributed by atoms with E-state index in [9.17, 15) is 9.59 Å². The second-order valence-electron chi connectivity index (χ2n) is 7.83. The number of benzene rings is 2. The average molecular weight is 462 g/mol. The molecule has 2 heterocycles.